The van der Waals surface area contributed by atoms with Gasteiger partial charge in [-0.05, 0) is 22.0 Å². The van der Waals surface area contributed by atoms with Crippen molar-refractivity contribution in [2.75, 3.05) is 27.3 Å². The van der Waals surface area contributed by atoms with Crippen molar-refractivity contribution in [2.24, 2.45) is 0 Å². The molecule has 2 unspecified atom stereocenters. The van der Waals surface area contributed by atoms with Gasteiger partial charge in [-0.2, -0.15) is 0 Å². The van der Waals surface area contributed by atoms with Gasteiger partial charge in [-0.25, -0.2) is 0 Å². The quantitative estimate of drug-likeness (QED) is 0.605. The van der Waals surface area contributed by atoms with E-state index in [0.717, 1.165) is 0 Å². The van der Waals surface area contributed by atoms with E-state index in [0.29, 0.717) is 13.1 Å². The Kier molecular flexibility index (Phi) is 4.92. The molecule has 1 aliphatic rings. The van der Waals surface area contributed by atoms with Crippen molar-refractivity contribution in [3.05, 3.63) is 38.3 Å². The molecule has 1 saturated heterocycles. The van der Waals surface area contributed by atoms with Crippen LogP contribution in [0.4, 0.5) is 5.69 Å². The van der Waals surface area contributed by atoms with E-state index in [9.17, 15) is 14.9 Å². The number of hydrogen-bond donors (Lipinski definition) is 0. The molecule has 1 aromatic carbocycles. The average molecular weight is 359 g/mol. The van der Waals surface area contributed by atoms with Crippen LogP contribution in [0.1, 0.15) is 10.4 Å². The fourth-order valence-electron chi connectivity index (χ4n) is 2.36. The molecule has 0 bridgehead atoms. The van der Waals surface area contributed by atoms with Crippen LogP contribution in [-0.4, -0.2) is 55.2 Å². The number of hydrogen-bond acceptors (Lipinski definition) is 5. The zero-order valence-corrected chi connectivity index (χ0v) is 13.2. The van der Waals surface area contributed by atoms with Crippen molar-refractivity contribution >= 4 is 27.5 Å². The molecule has 1 aliphatic heterocycles. The second kappa shape index (κ2) is 6.50. The maximum Gasteiger partial charge on any atom is 0.284 e. The lowest BCUT2D eigenvalue weighted by atomic mass is 10.2. The molecular weight excluding hydrogens is 344 g/mol. The Bertz CT molecular complexity index is 553. The third-order valence-corrected chi connectivity index (χ3v) is 4.35. The summed E-state index contributed by atoms with van der Waals surface area (Å²) in [6.45, 7) is 0.784. The lowest BCUT2D eigenvalue weighted by molar-refractivity contribution is -0.385. The number of rotatable bonds is 4. The molecule has 0 saturated carbocycles. The van der Waals surface area contributed by atoms with E-state index in [4.69, 9.17) is 9.47 Å². The third-order valence-electron chi connectivity index (χ3n) is 3.51. The second-order valence-electron chi connectivity index (χ2n) is 4.65. The monoisotopic (exact) mass is 358 g/mol. The molecule has 0 radical (unpaired) electrons. The zero-order valence-electron chi connectivity index (χ0n) is 11.6. The van der Waals surface area contributed by atoms with Crippen LogP contribution in [0.5, 0.6) is 0 Å². The number of carbonyl (C=O) groups excluding carboxylic acids is 1. The van der Waals surface area contributed by atoms with E-state index in [-0.39, 0.29) is 33.8 Å². The van der Waals surface area contributed by atoms with Gasteiger partial charge in [0, 0.05) is 33.4 Å². The van der Waals surface area contributed by atoms with E-state index in [1.165, 1.54) is 12.1 Å². The summed E-state index contributed by atoms with van der Waals surface area (Å²) in [4.78, 5) is 24.5. The molecule has 2 rings (SSSR count). The van der Waals surface area contributed by atoms with Gasteiger partial charge in [-0.1, -0.05) is 6.07 Å². The van der Waals surface area contributed by atoms with Crippen LogP contribution in [0.15, 0.2) is 22.7 Å². The van der Waals surface area contributed by atoms with Gasteiger partial charge in [0.2, 0.25) is 0 Å². The molecular formula is C13H15BrN2O5. The Hall–Kier alpha value is -1.51. The van der Waals surface area contributed by atoms with E-state index in [1.54, 1.807) is 25.2 Å². The van der Waals surface area contributed by atoms with Gasteiger partial charge in [0.05, 0.1) is 10.5 Å². The van der Waals surface area contributed by atoms with Crippen molar-refractivity contribution < 1.29 is 19.2 Å². The highest BCUT2D eigenvalue weighted by Gasteiger charge is 2.36. The standard InChI is InChI=1S/C13H15BrN2O5/c1-20-10-6-15(7-11(10)21-2)13(17)8-4-3-5-9(12(8)14)16(18)19/h3-5,10-11H,6-7H2,1-2H3. The van der Waals surface area contributed by atoms with Crippen molar-refractivity contribution in [1.29, 1.82) is 0 Å². The molecule has 114 valence electrons. The molecule has 8 heteroatoms. The maximum atomic E-state index is 12.5. The molecule has 1 amide bonds. The zero-order chi connectivity index (χ0) is 15.6. The SMILES string of the molecule is COC1CN(C(=O)c2cccc([N+](=O)[O-])c2Br)CC1OC. The number of benzene rings is 1. The average Bonchev–Trinajstić information content (AvgIpc) is 2.89. The highest BCUT2D eigenvalue weighted by Crippen LogP contribution is 2.30. The van der Waals surface area contributed by atoms with Crippen molar-refractivity contribution in [1.82, 2.24) is 4.90 Å². The number of halogens is 1. The summed E-state index contributed by atoms with van der Waals surface area (Å²) in [5, 5.41) is 10.9. The summed E-state index contributed by atoms with van der Waals surface area (Å²) in [5.74, 6) is -0.285. The fraction of sp³-hybridized carbons (Fsp3) is 0.462. The number of nitro benzene ring substituents is 1. The Labute approximate surface area is 130 Å². The second-order valence-corrected chi connectivity index (χ2v) is 5.45. The fourth-order valence-corrected chi connectivity index (χ4v) is 2.94. The highest BCUT2D eigenvalue weighted by molar-refractivity contribution is 9.10. The van der Waals surface area contributed by atoms with Gasteiger partial charge in [-0.3, -0.25) is 14.9 Å². The lowest BCUT2D eigenvalue weighted by Gasteiger charge is -2.16. The minimum atomic E-state index is -0.527. The number of nitro groups is 1. The Balaban J connectivity index is 2.26. The molecule has 0 aliphatic carbocycles. The topological polar surface area (TPSA) is 81.9 Å². The largest absolute Gasteiger partial charge is 0.377 e. The van der Waals surface area contributed by atoms with Crippen molar-refractivity contribution in [3.63, 3.8) is 0 Å². The van der Waals surface area contributed by atoms with Gasteiger partial charge >= 0.3 is 0 Å². The van der Waals surface area contributed by atoms with Gasteiger partial charge < -0.3 is 14.4 Å². The van der Waals surface area contributed by atoms with Gasteiger partial charge in [0.15, 0.2) is 0 Å². The highest BCUT2D eigenvalue weighted by atomic mass is 79.9. The number of likely N-dealkylation sites (tertiary alicyclic amines) is 1. The predicted octanol–water partition coefficient (Wildman–Crippen LogP) is 1.84. The van der Waals surface area contributed by atoms with Crippen molar-refractivity contribution in [3.8, 4) is 0 Å². The Morgan fingerprint density at radius 3 is 2.38 bits per heavy atom. The number of amides is 1. The van der Waals surface area contributed by atoms with Crippen LogP contribution in [0.25, 0.3) is 0 Å². The number of nitrogens with zero attached hydrogens (tertiary/aromatic N) is 2. The smallest absolute Gasteiger partial charge is 0.284 e. The van der Waals surface area contributed by atoms with Crippen LogP contribution in [0.3, 0.4) is 0 Å². The third kappa shape index (κ3) is 3.07. The predicted molar refractivity (Wildman–Crippen MR) is 78.3 cm³/mol. The van der Waals surface area contributed by atoms with Crippen LogP contribution in [0.2, 0.25) is 0 Å². The normalized spacial score (nSPS) is 21.6. The summed E-state index contributed by atoms with van der Waals surface area (Å²) in [7, 11) is 3.13. The Morgan fingerprint density at radius 2 is 1.90 bits per heavy atom. The van der Waals surface area contributed by atoms with Crippen LogP contribution < -0.4 is 0 Å². The summed E-state index contributed by atoms with van der Waals surface area (Å²) in [6.07, 6.45) is -0.396. The first kappa shape index (κ1) is 15.9. The molecule has 1 heterocycles. The molecule has 0 aromatic heterocycles. The minimum Gasteiger partial charge on any atom is -0.377 e. The first-order chi connectivity index (χ1) is 9.99. The maximum absolute atomic E-state index is 12.5. The molecule has 0 N–H and O–H groups in total. The molecule has 1 fully saturated rings. The summed E-state index contributed by atoms with van der Waals surface area (Å²) >= 11 is 3.14. The first-order valence-electron chi connectivity index (χ1n) is 6.27. The molecule has 21 heavy (non-hydrogen) atoms. The minimum absolute atomic E-state index is 0.133. The number of ether oxygens (including phenoxy) is 2. The molecule has 2 atom stereocenters. The Morgan fingerprint density at radius 1 is 1.33 bits per heavy atom. The van der Waals surface area contributed by atoms with Gasteiger partial charge in [0.1, 0.15) is 16.7 Å². The van der Waals surface area contributed by atoms with E-state index in [1.807, 2.05) is 0 Å². The summed E-state index contributed by atoms with van der Waals surface area (Å²) < 4.78 is 10.8. The van der Waals surface area contributed by atoms with Gasteiger partial charge in [-0.15, -0.1) is 0 Å². The summed E-state index contributed by atoms with van der Waals surface area (Å²) in [5.41, 5.74) is 0.127. The van der Waals surface area contributed by atoms with Gasteiger partial charge in [0.25, 0.3) is 11.6 Å². The number of carbonyl (C=O) groups is 1. The lowest BCUT2D eigenvalue weighted by Crippen LogP contribution is -2.30. The summed E-state index contributed by atoms with van der Waals surface area (Å²) in [6, 6.07) is 4.40. The first-order valence-corrected chi connectivity index (χ1v) is 7.06. The van der Waals surface area contributed by atoms with Crippen LogP contribution in [0, 0.1) is 10.1 Å². The van der Waals surface area contributed by atoms with Crippen LogP contribution >= 0.6 is 15.9 Å². The van der Waals surface area contributed by atoms with E-state index < -0.39 is 4.92 Å². The van der Waals surface area contributed by atoms with E-state index >= 15 is 0 Å². The molecule has 1 aromatic rings. The molecule has 7 nitrogen and oxygen atoms in total. The molecule has 0 spiro atoms. The van der Waals surface area contributed by atoms with E-state index in [2.05, 4.69) is 15.9 Å². The number of methoxy groups -OCH3 is 2. The van der Waals surface area contributed by atoms with Crippen molar-refractivity contribution in [2.45, 2.75) is 12.2 Å². The van der Waals surface area contributed by atoms with Crippen LogP contribution in [-0.2, 0) is 9.47 Å².